The number of nitrogens with one attached hydrogen (secondary N) is 1. The van der Waals surface area contributed by atoms with E-state index >= 15 is 0 Å². The highest BCUT2D eigenvalue weighted by Gasteiger charge is 2.36. The van der Waals surface area contributed by atoms with Gasteiger partial charge in [0.05, 0.1) is 10.5 Å². The molecule has 2 aromatic rings. The third-order valence-corrected chi connectivity index (χ3v) is 3.61. The van der Waals surface area contributed by atoms with Gasteiger partial charge in [0.15, 0.2) is 0 Å². The molecule has 0 saturated carbocycles. The van der Waals surface area contributed by atoms with Gasteiger partial charge in [-0.1, -0.05) is 17.3 Å². The van der Waals surface area contributed by atoms with Crippen molar-refractivity contribution in [1.82, 2.24) is 15.5 Å². The van der Waals surface area contributed by atoms with E-state index < -0.39 is 4.92 Å². The molecule has 0 aliphatic carbocycles. The van der Waals surface area contributed by atoms with Crippen LogP contribution in [0.4, 0.5) is 5.69 Å². The normalized spacial score (nSPS) is 22.1. The van der Waals surface area contributed by atoms with Gasteiger partial charge in [0.2, 0.25) is 11.7 Å². The van der Waals surface area contributed by atoms with Crippen LogP contribution in [0, 0.1) is 10.1 Å². The minimum absolute atomic E-state index is 0.0237. The molecule has 3 rings (SSSR count). The van der Waals surface area contributed by atoms with E-state index in [-0.39, 0.29) is 17.1 Å². The average Bonchev–Trinajstić information content (AvgIpc) is 3.08. The number of para-hydroxylation sites is 1. The summed E-state index contributed by atoms with van der Waals surface area (Å²) in [5.74, 6) is 0.727. The van der Waals surface area contributed by atoms with Gasteiger partial charge in [0.1, 0.15) is 5.56 Å². The zero-order valence-corrected chi connectivity index (χ0v) is 11.0. The highest BCUT2D eigenvalue weighted by Crippen LogP contribution is 2.32. The van der Waals surface area contributed by atoms with E-state index in [0.29, 0.717) is 11.5 Å². The zero-order chi connectivity index (χ0) is 14.2. The summed E-state index contributed by atoms with van der Waals surface area (Å²) < 4.78 is 5.29. The van der Waals surface area contributed by atoms with Crippen LogP contribution in [0.3, 0.4) is 0 Å². The molecule has 1 aromatic heterocycles. The first-order valence-corrected chi connectivity index (χ1v) is 6.43. The van der Waals surface area contributed by atoms with Gasteiger partial charge in [0.25, 0.3) is 5.69 Å². The molecule has 0 spiro atoms. The first-order chi connectivity index (χ1) is 9.60. The van der Waals surface area contributed by atoms with Crippen LogP contribution in [-0.2, 0) is 5.54 Å². The Hall–Kier alpha value is -2.28. The molecule has 1 fully saturated rings. The number of nitro benzene ring substituents is 1. The number of aromatic nitrogens is 2. The minimum atomic E-state index is -0.444. The third-order valence-electron chi connectivity index (χ3n) is 3.61. The standard InChI is InChI=1S/C13H14N4O3/c1-13(7-4-8-14-13)12-15-11(16-20-12)9-5-2-3-6-10(9)17(18)19/h2-3,5-6,14H,4,7-8H2,1H3. The largest absolute Gasteiger partial charge is 0.337 e. The molecule has 0 bridgehead atoms. The van der Waals surface area contributed by atoms with E-state index in [4.69, 9.17) is 4.52 Å². The summed E-state index contributed by atoms with van der Waals surface area (Å²) in [7, 11) is 0. The Bertz CT molecular complexity index is 647. The molecule has 20 heavy (non-hydrogen) atoms. The molecular weight excluding hydrogens is 260 g/mol. The number of benzene rings is 1. The predicted octanol–water partition coefficient (Wildman–Crippen LogP) is 2.24. The number of nitrogens with zero attached hydrogens (tertiary/aromatic N) is 3. The quantitative estimate of drug-likeness (QED) is 0.681. The van der Waals surface area contributed by atoms with Crippen molar-refractivity contribution >= 4 is 5.69 Å². The van der Waals surface area contributed by atoms with E-state index in [1.807, 2.05) is 6.92 Å². The lowest BCUT2D eigenvalue weighted by Gasteiger charge is -2.18. The number of rotatable bonds is 3. The van der Waals surface area contributed by atoms with Gasteiger partial charge in [-0.25, -0.2) is 0 Å². The van der Waals surface area contributed by atoms with Gasteiger partial charge < -0.3 is 9.84 Å². The second-order valence-electron chi connectivity index (χ2n) is 5.06. The smallest absolute Gasteiger partial charge is 0.280 e. The van der Waals surface area contributed by atoms with Crippen LogP contribution in [0.15, 0.2) is 28.8 Å². The first-order valence-electron chi connectivity index (χ1n) is 6.43. The Morgan fingerprint density at radius 1 is 1.45 bits per heavy atom. The van der Waals surface area contributed by atoms with Crippen molar-refractivity contribution < 1.29 is 9.45 Å². The van der Waals surface area contributed by atoms with Crippen LogP contribution < -0.4 is 5.32 Å². The summed E-state index contributed by atoms with van der Waals surface area (Å²) >= 11 is 0. The van der Waals surface area contributed by atoms with E-state index in [9.17, 15) is 10.1 Å². The second-order valence-corrected chi connectivity index (χ2v) is 5.06. The Labute approximate surface area is 115 Å². The molecule has 0 amide bonds. The molecule has 1 aliphatic rings. The van der Waals surface area contributed by atoms with Crippen molar-refractivity contribution in [3.63, 3.8) is 0 Å². The predicted molar refractivity (Wildman–Crippen MR) is 71.0 cm³/mol. The lowest BCUT2D eigenvalue weighted by Crippen LogP contribution is -2.33. The molecule has 1 unspecified atom stereocenters. The number of hydrogen-bond donors (Lipinski definition) is 1. The van der Waals surface area contributed by atoms with Gasteiger partial charge >= 0.3 is 0 Å². The van der Waals surface area contributed by atoms with E-state index in [0.717, 1.165) is 19.4 Å². The maximum Gasteiger partial charge on any atom is 0.280 e. The summed E-state index contributed by atoms with van der Waals surface area (Å²) in [5, 5.41) is 18.2. The highest BCUT2D eigenvalue weighted by atomic mass is 16.6. The Kier molecular flexibility index (Phi) is 2.98. The molecule has 7 nitrogen and oxygen atoms in total. The van der Waals surface area contributed by atoms with Crippen molar-refractivity contribution in [3.8, 4) is 11.4 Å². The van der Waals surface area contributed by atoms with Crippen LogP contribution in [0.2, 0.25) is 0 Å². The topological polar surface area (TPSA) is 94.1 Å². The van der Waals surface area contributed by atoms with E-state index in [2.05, 4.69) is 15.5 Å². The van der Waals surface area contributed by atoms with Crippen molar-refractivity contribution in [1.29, 1.82) is 0 Å². The van der Waals surface area contributed by atoms with E-state index in [1.165, 1.54) is 6.07 Å². The fraction of sp³-hybridized carbons (Fsp3) is 0.385. The highest BCUT2D eigenvalue weighted by molar-refractivity contribution is 5.67. The van der Waals surface area contributed by atoms with Crippen LogP contribution in [0.25, 0.3) is 11.4 Å². The number of hydrogen-bond acceptors (Lipinski definition) is 6. The monoisotopic (exact) mass is 274 g/mol. The SMILES string of the molecule is CC1(c2nc(-c3ccccc3[N+](=O)[O-])no2)CCCN1. The first kappa shape index (κ1) is 12.7. The second kappa shape index (κ2) is 4.68. The average molecular weight is 274 g/mol. The molecule has 7 heteroatoms. The third kappa shape index (κ3) is 2.05. The van der Waals surface area contributed by atoms with E-state index in [1.54, 1.807) is 18.2 Å². The summed E-state index contributed by atoms with van der Waals surface area (Å²) in [6.45, 7) is 2.90. The summed E-state index contributed by atoms with van der Waals surface area (Å²) in [6, 6.07) is 6.38. The molecule has 1 saturated heterocycles. The fourth-order valence-electron chi connectivity index (χ4n) is 2.46. The van der Waals surface area contributed by atoms with Crippen LogP contribution >= 0.6 is 0 Å². The van der Waals surface area contributed by atoms with Gasteiger partial charge in [-0.2, -0.15) is 4.98 Å². The molecule has 1 N–H and O–H groups in total. The summed E-state index contributed by atoms with van der Waals surface area (Å²) in [6.07, 6.45) is 1.95. The maximum atomic E-state index is 11.0. The van der Waals surface area contributed by atoms with Crippen LogP contribution in [-0.4, -0.2) is 21.6 Å². The molecule has 2 heterocycles. The van der Waals surface area contributed by atoms with Crippen molar-refractivity contribution in [3.05, 3.63) is 40.3 Å². The molecular formula is C13H14N4O3. The lowest BCUT2D eigenvalue weighted by atomic mass is 10.0. The van der Waals surface area contributed by atoms with Gasteiger partial charge in [-0.3, -0.25) is 10.1 Å². The van der Waals surface area contributed by atoms with Gasteiger partial charge in [-0.05, 0) is 32.4 Å². The molecule has 1 atom stereocenters. The molecule has 0 radical (unpaired) electrons. The van der Waals surface area contributed by atoms with Gasteiger partial charge in [-0.15, -0.1) is 0 Å². The van der Waals surface area contributed by atoms with Crippen molar-refractivity contribution in [2.45, 2.75) is 25.3 Å². The molecule has 104 valence electrons. The van der Waals surface area contributed by atoms with Crippen LogP contribution in [0.1, 0.15) is 25.7 Å². The maximum absolute atomic E-state index is 11.0. The number of nitro groups is 1. The zero-order valence-electron chi connectivity index (χ0n) is 11.0. The Balaban J connectivity index is 2.00. The minimum Gasteiger partial charge on any atom is -0.337 e. The Morgan fingerprint density at radius 3 is 2.95 bits per heavy atom. The van der Waals surface area contributed by atoms with Gasteiger partial charge in [0, 0.05) is 6.07 Å². The summed E-state index contributed by atoms with van der Waals surface area (Å²) in [5.41, 5.74) is 0.00733. The van der Waals surface area contributed by atoms with Crippen molar-refractivity contribution in [2.75, 3.05) is 6.54 Å². The summed E-state index contributed by atoms with van der Waals surface area (Å²) in [4.78, 5) is 14.9. The molecule has 1 aromatic carbocycles. The van der Waals surface area contributed by atoms with Crippen molar-refractivity contribution in [2.24, 2.45) is 0 Å². The molecule has 1 aliphatic heterocycles. The fourth-order valence-corrected chi connectivity index (χ4v) is 2.46. The van der Waals surface area contributed by atoms with Crippen LogP contribution in [0.5, 0.6) is 0 Å². The Morgan fingerprint density at radius 2 is 2.25 bits per heavy atom. The lowest BCUT2D eigenvalue weighted by molar-refractivity contribution is -0.384.